The molecule has 3 aromatic rings. The number of Topliss-reactive ketones (excluding diaryl/α,β-unsaturated/α-hetero) is 1. The van der Waals surface area contributed by atoms with Gasteiger partial charge in [0.25, 0.3) is 0 Å². The van der Waals surface area contributed by atoms with E-state index in [0.29, 0.717) is 16.8 Å². The van der Waals surface area contributed by atoms with Crippen molar-refractivity contribution in [3.63, 3.8) is 0 Å². The minimum Gasteiger partial charge on any atom is -0.872 e. The number of ketones is 1. The zero-order valence-electron chi connectivity index (χ0n) is 13.6. The summed E-state index contributed by atoms with van der Waals surface area (Å²) in [6, 6.07) is 13.7. The second kappa shape index (κ2) is 7.11. The Hall–Kier alpha value is -2.59. The maximum atomic E-state index is 12.8. The number of halogens is 1. The van der Waals surface area contributed by atoms with Gasteiger partial charge in [-0.1, -0.05) is 47.7 Å². The highest BCUT2D eigenvalue weighted by atomic mass is 35.5. The second-order valence-corrected chi connectivity index (χ2v) is 6.50. The van der Waals surface area contributed by atoms with Crippen LogP contribution in [0.5, 0.6) is 5.75 Å². The van der Waals surface area contributed by atoms with E-state index in [9.17, 15) is 14.7 Å². The summed E-state index contributed by atoms with van der Waals surface area (Å²) in [6.07, 6.45) is 0.482. The van der Waals surface area contributed by atoms with Crippen LogP contribution < -0.4 is 10.7 Å². The van der Waals surface area contributed by atoms with Gasteiger partial charge in [-0.25, -0.2) is 4.79 Å². The lowest BCUT2D eigenvalue weighted by Gasteiger charge is -2.22. The van der Waals surface area contributed by atoms with Crippen LogP contribution in [0.3, 0.4) is 0 Å². The molecular formula is C20H16ClO4-. The Bertz CT molecular complexity index is 973. The number of hydrogen-bond acceptors (Lipinski definition) is 4. The summed E-state index contributed by atoms with van der Waals surface area (Å²) < 4.78 is 5.31. The van der Waals surface area contributed by atoms with Gasteiger partial charge in [-0.15, -0.1) is 0 Å². The zero-order valence-corrected chi connectivity index (χ0v) is 14.4. The van der Waals surface area contributed by atoms with Gasteiger partial charge in [0.1, 0.15) is 11.4 Å². The molecule has 128 valence electrons. The van der Waals surface area contributed by atoms with E-state index in [1.165, 1.54) is 6.92 Å². The van der Waals surface area contributed by atoms with Gasteiger partial charge in [0, 0.05) is 28.3 Å². The van der Waals surface area contributed by atoms with Gasteiger partial charge in [-0.2, -0.15) is 0 Å². The van der Waals surface area contributed by atoms with Gasteiger partial charge in [-0.3, -0.25) is 0 Å². The molecule has 5 heteroatoms. The molecule has 0 bridgehead atoms. The first-order valence-electron chi connectivity index (χ1n) is 7.92. The van der Waals surface area contributed by atoms with Gasteiger partial charge >= 0.3 is 5.63 Å². The minimum absolute atomic E-state index is 0.0313. The topological polar surface area (TPSA) is 70.3 Å². The highest BCUT2D eigenvalue weighted by molar-refractivity contribution is 6.30. The third-order valence-corrected chi connectivity index (χ3v) is 4.39. The van der Waals surface area contributed by atoms with E-state index in [1.807, 2.05) is 12.1 Å². The summed E-state index contributed by atoms with van der Waals surface area (Å²) in [5.41, 5.74) is 0.504. The fourth-order valence-corrected chi connectivity index (χ4v) is 3.14. The number of carbonyl (C=O) groups excluding carboxylic acids is 1. The van der Waals surface area contributed by atoms with Crippen LogP contribution in [-0.2, 0) is 11.2 Å². The third-order valence-electron chi connectivity index (χ3n) is 4.14. The summed E-state index contributed by atoms with van der Waals surface area (Å²) >= 11 is 5.90. The Kier molecular flexibility index (Phi) is 4.91. The number of hydrogen-bond donors (Lipinski definition) is 0. The molecule has 4 nitrogen and oxygen atoms in total. The van der Waals surface area contributed by atoms with Gasteiger partial charge in [0.2, 0.25) is 0 Å². The molecule has 1 atom stereocenters. The van der Waals surface area contributed by atoms with Crippen LogP contribution in [0.1, 0.15) is 30.4 Å². The monoisotopic (exact) mass is 355 g/mol. The van der Waals surface area contributed by atoms with Crippen LogP contribution in [0.2, 0.25) is 5.02 Å². The lowest BCUT2D eigenvalue weighted by molar-refractivity contribution is -0.267. The van der Waals surface area contributed by atoms with Gasteiger partial charge in [0.15, 0.2) is 0 Å². The van der Waals surface area contributed by atoms with Crippen LogP contribution in [0.4, 0.5) is 0 Å². The average molecular weight is 356 g/mol. The molecular weight excluding hydrogens is 340 g/mol. The van der Waals surface area contributed by atoms with Crippen molar-refractivity contribution in [2.45, 2.75) is 25.7 Å². The van der Waals surface area contributed by atoms with Crippen LogP contribution in [0.25, 0.3) is 11.0 Å². The van der Waals surface area contributed by atoms with E-state index >= 15 is 0 Å². The van der Waals surface area contributed by atoms with E-state index in [1.54, 1.807) is 36.4 Å². The maximum Gasteiger partial charge on any atom is 0.339 e. The number of para-hydroxylation sites is 1. The maximum absolute atomic E-state index is 12.8. The van der Waals surface area contributed by atoms with Crippen molar-refractivity contribution in [1.29, 1.82) is 0 Å². The normalized spacial score (nSPS) is 12.2. The van der Waals surface area contributed by atoms with Crippen LogP contribution in [-0.4, -0.2) is 5.78 Å². The highest BCUT2D eigenvalue weighted by Gasteiger charge is 2.21. The molecule has 0 aliphatic carbocycles. The summed E-state index contributed by atoms with van der Waals surface area (Å²) in [7, 11) is 0. The molecule has 0 aliphatic rings. The summed E-state index contributed by atoms with van der Waals surface area (Å²) in [5, 5.41) is 13.8. The van der Waals surface area contributed by atoms with Crippen LogP contribution in [0.15, 0.2) is 57.7 Å². The number of fused-ring (bicyclic) bond motifs is 1. The molecule has 1 unspecified atom stereocenters. The van der Waals surface area contributed by atoms with Gasteiger partial charge < -0.3 is 14.3 Å². The predicted molar refractivity (Wildman–Crippen MR) is 95.1 cm³/mol. The quantitative estimate of drug-likeness (QED) is 0.652. The van der Waals surface area contributed by atoms with Crippen molar-refractivity contribution in [2.75, 3.05) is 0 Å². The predicted octanol–water partition coefficient (Wildman–Crippen LogP) is 3.83. The lowest BCUT2D eigenvalue weighted by atomic mass is 9.88. The SMILES string of the molecule is CC(=O)CC(Cc1ccc(Cl)cc1)c1c([O-])c2ccccc2oc1=O. The van der Waals surface area contributed by atoms with E-state index in [2.05, 4.69) is 0 Å². The van der Waals surface area contributed by atoms with Gasteiger partial charge in [-0.05, 0) is 37.1 Å². The summed E-state index contributed by atoms with van der Waals surface area (Å²) in [5.74, 6) is -0.995. The second-order valence-electron chi connectivity index (χ2n) is 6.06. The first kappa shape index (κ1) is 17.2. The highest BCUT2D eigenvalue weighted by Crippen LogP contribution is 2.32. The molecule has 0 aliphatic heterocycles. The number of rotatable bonds is 5. The average Bonchev–Trinajstić information content (AvgIpc) is 2.56. The molecule has 0 radical (unpaired) electrons. The molecule has 1 heterocycles. The zero-order chi connectivity index (χ0) is 18.0. The Morgan fingerprint density at radius 2 is 1.84 bits per heavy atom. The minimum atomic E-state index is -0.677. The first-order chi connectivity index (χ1) is 12.0. The Morgan fingerprint density at radius 3 is 2.52 bits per heavy atom. The van der Waals surface area contributed by atoms with Gasteiger partial charge in [0.05, 0.1) is 0 Å². The molecule has 0 saturated carbocycles. The molecule has 0 saturated heterocycles. The fraction of sp³-hybridized carbons (Fsp3) is 0.200. The van der Waals surface area contributed by atoms with Crippen molar-refractivity contribution in [3.8, 4) is 5.75 Å². The van der Waals surface area contributed by atoms with Crippen molar-refractivity contribution in [3.05, 3.63) is 75.1 Å². The summed E-state index contributed by atoms with van der Waals surface area (Å²) in [4.78, 5) is 24.1. The fourth-order valence-electron chi connectivity index (χ4n) is 3.02. The molecule has 0 N–H and O–H groups in total. The van der Waals surface area contributed by atoms with Crippen molar-refractivity contribution in [1.82, 2.24) is 0 Å². The van der Waals surface area contributed by atoms with Crippen molar-refractivity contribution < 1.29 is 14.3 Å². The molecule has 25 heavy (non-hydrogen) atoms. The largest absolute Gasteiger partial charge is 0.872 e. The van der Waals surface area contributed by atoms with Crippen molar-refractivity contribution in [2.24, 2.45) is 0 Å². The van der Waals surface area contributed by atoms with E-state index in [-0.39, 0.29) is 29.1 Å². The molecule has 2 aromatic carbocycles. The Morgan fingerprint density at radius 1 is 1.16 bits per heavy atom. The Labute approximate surface area is 149 Å². The summed E-state index contributed by atoms with van der Waals surface area (Å²) in [6.45, 7) is 1.45. The standard InChI is InChI=1S/C20H17ClO4/c1-12(22)10-14(11-13-6-8-15(21)9-7-13)18-19(23)16-4-2-3-5-17(16)25-20(18)24/h2-9,14,23H,10-11H2,1H3/p-1. The third kappa shape index (κ3) is 3.74. The van der Waals surface area contributed by atoms with Crippen molar-refractivity contribution >= 4 is 28.4 Å². The van der Waals surface area contributed by atoms with E-state index in [4.69, 9.17) is 16.0 Å². The lowest BCUT2D eigenvalue weighted by Crippen LogP contribution is -2.20. The van der Waals surface area contributed by atoms with Crippen LogP contribution in [0, 0.1) is 0 Å². The first-order valence-corrected chi connectivity index (χ1v) is 8.30. The molecule has 0 spiro atoms. The molecule has 1 aromatic heterocycles. The smallest absolute Gasteiger partial charge is 0.339 e. The molecule has 0 amide bonds. The van der Waals surface area contributed by atoms with E-state index in [0.717, 1.165) is 5.56 Å². The number of benzene rings is 2. The number of carbonyl (C=O) groups is 1. The molecule has 3 rings (SSSR count). The molecule has 0 fully saturated rings. The van der Waals surface area contributed by atoms with E-state index < -0.39 is 11.5 Å². The Balaban J connectivity index is 2.09. The van der Waals surface area contributed by atoms with Crippen LogP contribution >= 0.6 is 11.6 Å².